The van der Waals surface area contributed by atoms with Crippen LogP contribution in [0.4, 0.5) is 18.9 Å². The Morgan fingerprint density at radius 2 is 1.91 bits per heavy atom. The van der Waals surface area contributed by atoms with Crippen molar-refractivity contribution in [2.24, 2.45) is 5.73 Å². The van der Waals surface area contributed by atoms with E-state index in [1.54, 1.807) is 36.0 Å². The molecule has 0 aliphatic carbocycles. The molecule has 1 rings (SSSR count). The van der Waals surface area contributed by atoms with Gasteiger partial charge >= 0.3 is 6.18 Å². The summed E-state index contributed by atoms with van der Waals surface area (Å²) >= 11 is 1.61. The summed E-state index contributed by atoms with van der Waals surface area (Å²) in [6, 6.07) is 5.75. The second kappa shape index (κ2) is 9.97. The van der Waals surface area contributed by atoms with Crippen LogP contribution in [-0.4, -0.2) is 30.1 Å². The van der Waals surface area contributed by atoms with Crippen molar-refractivity contribution in [3.8, 4) is 0 Å². The van der Waals surface area contributed by atoms with E-state index < -0.39 is 18.6 Å². The molecule has 0 aliphatic rings. The van der Waals surface area contributed by atoms with E-state index in [4.69, 9.17) is 5.73 Å². The minimum Gasteiger partial charge on any atom is -0.325 e. The van der Waals surface area contributed by atoms with E-state index in [-0.39, 0.29) is 24.7 Å². The van der Waals surface area contributed by atoms with Gasteiger partial charge in [0.2, 0.25) is 5.91 Å². The molecule has 1 atom stereocenters. The number of rotatable bonds is 7. The minimum absolute atomic E-state index is 0. The number of anilines is 1. The van der Waals surface area contributed by atoms with Gasteiger partial charge in [0.1, 0.15) is 0 Å². The highest BCUT2D eigenvalue weighted by Gasteiger charge is 2.26. The molecule has 0 radical (unpaired) electrons. The topological polar surface area (TPSA) is 55.1 Å². The summed E-state index contributed by atoms with van der Waals surface area (Å²) < 4.78 is 36.3. The fraction of sp³-hybridized carbons (Fsp3) is 0.500. The Balaban J connectivity index is 0.00000441. The molecule has 0 unspecified atom stereocenters. The van der Waals surface area contributed by atoms with Crippen molar-refractivity contribution >= 4 is 35.8 Å². The van der Waals surface area contributed by atoms with Crippen LogP contribution >= 0.6 is 24.2 Å². The smallest absolute Gasteiger partial charge is 0.325 e. The number of carbonyl (C=O) groups excluding carboxylic acids is 1. The van der Waals surface area contributed by atoms with Gasteiger partial charge in [-0.2, -0.15) is 24.9 Å². The van der Waals surface area contributed by atoms with Crippen LogP contribution < -0.4 is 11.1 Å². The van der Waals surface area contributed by atoms with Crippen LogP contribution in [0.1, 0.15) is 18.4 Å². The van der Waals surface area contributed by atoms with Crippen molar-refractivity contribution in [1.29, 1.82) is 0 Å². The summed E-state index contributed by atoms with van der Waals surface area (Å²) in [6.45, 7) is 0. The SMILES string of the molecule is CSCC[C@H](N)C(=O)Nc1ccc(CCC(F)(F)F)cc1.Cl. The summed E-state index contributed by atoms with van der Waals surface area (Å²) in [5, 5.41) is 2.65. The largest absolute Gasteiger partial charge is 0.389 e. The number of hydrogen-bond acceptors (Lipinski definition) is 3. The number of benzene rings is 1. The highest BCUT2D eigenvalue weighted by Crippen LogP contribution is 2.22. The van der Waals surface area contributed by atoms with Crippen molar-refractivity contribution in [3.63, 3.8) is 0 Å². The Kier molecular flexibility index (Phi) is 9.55. The Morgan fingerprint density at radius 1 is 1.32 bits per heavy atom. The summed E-state index contributed by atoms with van der Waals surface area (Å²) in [5.41, 5.74) is 6.84. The van der Waals surface area contributed by atoms with Gasteiger partial charge in [-0.15, -0.1) is 12.4 Å². The monoisotopic (exact) mass is 356 g/mol. The molecule has 1 aromatic carbocycles. The molecule has 1 aromatic rings. The molecule has 0 heterocycles. The second-order valence-electron chi connectivity index (χ2n) is 4.69. The maximum atomic E-state index is 12.1. The molecular formula is C14H20ClF3N2OS. The van der Waals surface area contributed by atoms with E-state index in [0.29, 0.717) is 17.7 Å². The number of amides is 1. The van der Waals surface area contributed by atoms with E-state index in [0.717, 1.165) is 5.75 Å². The summed E-state index contributed by atoms with van der Waals surface area (Å²) in [5.74, 6) is 0.511. The highest BCUT2D eigenvalue weighted by molar-refractivity contribution is 7.98. The van der Waals surface area contributed by atoms with Crippen LogP contribution in [0.15, 0.2) is 24.3 Å². The van der Waals surface area contributed by atoms with E-state index in [2.05, 4.69) is 5.32 Å². The lowest BCUT2D eigenvalue weighted by atomic mass is 10.1. The molecule has 126 valence electrons. The summed E-state index contributed by atoms with van der Waals surface area (Å²) in [6.07, 6.45) is -2.55. The zero-order valence-electron chi connectivity index (χ0n) is 12.2. The number of hydrogen-bond donors (Lipinski definition) is 2. The van der Waals surface area contributed by atoms with Crippen molar-refractivity contribution in [3.05, 3.63) is 29.8 Å². The van der Waals surface area contributed by atoms with Crippen molar-refractivity contribution in [1.82, 2.24) is 0 Å². The average Bonchev–Trinajstić information content (AvgIpc) is 2.43. The standard InChI is InChI=1S/C14H19F3N2OS.ClH/c1-21-9-7-12(18)13(20)19-11-4-2-10(3-5-11)6-8-14(15,16)17;/h2-5,12H,6-9,18H2,1H3,(H,19,20);1H/t12-;/m0./s1. The lowest BCUT2D eigenvalue weighted by Crippen LogP contribution is -2.36. The molecule has 0 fully saturated rings. The lowest BCUT2D eigenvalue weighted by Gasteiger charge is -2.12. The van der Waals surface area contributed by atoms with Crippen molar-refractivity contribution in [2.75, 3.05) is 17.3 Å². The van der Waals surface area contributed by atoms with Crippen LogP contribution in [0.3, 0.4) is 0 Å². The highest BCUT2D eigenvalue weighted by atomic mass is 35.5. The Bertz CT molecular complexity index is 454. The molecule has 0 aromatic heterocycles. The molecular weight excluding hydrogens is 337 g/mol. The normalized spacial score (nSPS) is 12.4. The van der Waals surface area contributed by atoms with Gasteiger partial charge in [-0.25, -0.2) is 0 Å². The summed E-state index contributed by atoms with van der Waals surface area (Å²) in [7, 11) is 0. The Labute approximate surface area is 138 Å². The van der Waals surface area contributed by atoms with Gasteiger partial charge < -0.3 is 11.1 Å². The van der Waals surface area contributed by atoms with Crippen LogP contribution in [-0.2, 0) is 11.2 Å². The third-order valence-corrected chi connectivity index (χ3v) is 3.53. The molecule has 0 aliphatic heterocycles. The quantitative estimate of drug-likeness (QED) is 0.784. The van der Waals surface area contributed by atoms with E-state index >= 15 is 0 Å². The van der Waals surface area contributed by atoms with Gasteiger partial charge in [-0.05, 0) is 42.5 Å². The number of halogens is 4. The Hall–Kier alpha value is -0.920. The molecule has 0 saturated heterocycles. The van der Waals surface area contributed by atoms with Gasteiger partial charge in [0.05, 0.1) is 6.04 Å². The second-order valence-corrected chi connectivity index (χ2v) is 5.67. The molecule has 1 amide bonds. The third kappa shape index (κ3) is 8.51. The van der Waals surface area contributed by atoms with Crippen LogP contribution in [0, 0.1) is 0 Å². The minimum atomic E-state index is -4.16. The van der Waals surface area contributed by atoms with Gasteiger partial charge in [-0.1, -0.05) is 12.1 Å². The third-order valence-electron chi connectivity index (χ3n) is 2.89. The maximum Gasteiger partial charge on any atom is 0.389 e. The number of aryl methyl sites for hydroxylation is 1. The van der Waals surface area contributed by atoms with Gasteiger partial charge in [0, 0.05) is 12.1 Å². The number of nitrogens with one attached hydrogen (secondary N) is 1. The van der Waals surface area contributed by atoms with Crippen molar-refractivity contribution < 1.29 is 18.0 Å². The first-order valence-electron chi connectivity index (χ1n) is 6.53. The van der Waals surface area contributed by atoms with Gasteiger partial charge in [-0.3, -0.25) is 4.79 Å². The fourth-order valence-corrected chi connectivity index (χ4v) is 2.14. The lowest BCUT2D eigenvalue weighted by molar-refractivity contribution is -0.134. The van der Waals surface area contributed by atoms with E-state index in [1.807, 2.05) is 6.26 Å². The average molecular weight is 357 g/mol. The number of thioether (sulfide) groups is 1. The maximum absolute atomic E-state index is 12.1. The van der Waals surface area contributed by atoms with Crippen LogP contribution in [0.25, 0.3) is 0 Å². The first kappa shape index (κ1) is 21.1. The first-order valence-corrected chi connectivity index (χ1v) is 7.92. The van der Waals surface area contributed by atoms with Gasteiger partial charge in [0.15, 0.2) is 0 Å². The predicted octanol–water partition coefficient (Wildman–Crippen LogP) is 3.62. The fourth-order valence-electron chi connectivity index (χ4n) is 1.65. The molecule has 8 heteroatoms. The molecule has 0 bridgehead atoms. The van der Waals surface area contributed by atoms with Crippen molar-refractivity contribution in [2.45, 2.75) is 31.5 Å². The Morgan fingerprint density at radius 3 is 2.41 bits per heavy atom. The van der Waals surface area contributed by atoms with E-state index in [9.17, 15) is 18.0 Å². The first-order chi connectivity index (χ1) is 9.81. The summed E-state index contributed by atoms with van der Waals surface area (Å²) in [4.78, 5) is 11.8. The number of carbonyl (C=O) groups is 1. The molecule has 0 saturated carbocycles. The zero-order valence-corrected chi connectivity index (χ0v) is 13.8. The number of alkyl halides is 3. The molecule has 3 N–H and O–H groups in total. The molecule has 3 nitrogen and oxygen atoms in total. The van der Waals surface area contributed by atoms with Gasteiger partial charge in [0.25, 0.3) is 0 Å². The van der Waals surface area contributed by atoms with Crippen LogP contribution in [0.2, 0.25) is 0 Å². The molecule has 0 spiro atoms. The van der Waals surface area contributed by atoms with E-state index in [1.165, 1.54) is 0 Å². The predicted molar refractivity (Wildman–Crippen MR) is 87.7 cm³/mol. The number of nitrogens with two attached hydrogens (primary N) is 1. The van der Waals surface area contributed by atoms with Crippen LogP contribution in [0.5, 0.6) is 0 Å². The molecule has 22 heavy (non-hydrogen) atoms. The zero-order chi connectivity index (χ0) is 15.9.